The molecule has 1 rings (SSSR count). The van der Waals surface area contributed by atoms with Crippen LogP contribution in [-0.4, -0.2) is 28.2 Å². The van der Waals surface area contributed by atoms with Gasteiger partial charge in [0, 0.05) is 19.3 Å². The Morgan fingerprint density at radius 2 is 2.11 bits per heavy atom. The summed E-state index contributed by atoms with van der Waals surface area (Å²) in [7, 11) is -2.17. The van der Waals surface area contributed by atoms with Gasteiger partial charge >= 0.3 is 0 Å². The summed E-state index contributed by atoms with van der Waals surface area (Å²) in [6, 6.07) is 2.97. The number of anilines is 1. The molecule has 18 heavy (non-hydrogen) atoms. The van der Waals surface area contributed by atoms with E-state index in [1.807, 2.05) is 0 Å². The van der Waals surface area contributed by atoms with Crippen LogP contribution in [0.5, 0.6) is 0 Å². The molecule has 1 aromatic rings. The van der Waals surface area contributed by atoms with E-state index < -0.39 is 10.0 Å². The standard InChI is InChI=1S/C11H17ClN2O3S/c1-7-4-9(13)5-10(11(7)12)18(15,16)14-6-8(2)17-3/h4-5,8,14H,6,13H2,1-3H3. The van der Waals surface area contributed by atoms with Crippen molar-refractivity contribution in [1.82, 2.24) is 4.72 Å². The van der Waals surface area contributed by atoms with E-state index in [9.17, 15) is 8.42 Å². The summed E-state index contributed by atoms with van der Waals surface area (Å²) >= 11 is 5.99. The van der Waals surface area contributed by atoms with E-state index in [2.05, 4.69) is 4.72 Å². The zero-order valence-corrected chi connectivity index (χ0v) is 12.1. The van der Waals surface area contributed by atoms with Crippen LogP contribution in [0.15, 0.2) is 17.0 Å². The minimum absolute atomic E-state index is 0.00929. The van der Waals surface area contributed by atoms with Crippen LogP contribution in [0, 0.1) is 6.92 Å². The van der Waals surface area contributed by atoms with E-state index in [1.165, 1.54) is 13.2 Å². The van der Waals surface area contributed by atoms with Crippen molar-refractivity contribution >= 4 is 27.3 Å². The van der Waals surface area contributed by atoms with Crippen molar-refractivity contribution in [3.63, 3.8) is 0 Å². The van der Waals surface area contributed by atoms with Gasteiger partial charge in [-0.1, -0.05) is 11.6 Å². The molecule has 0 aliphatic rings. The van der Waals surface area contributed by atoms with Crippen molar-refractivity contribution in [1.29, 1.82) is 0 Å². The number of sulfonamides is 1. The highest BCUT2D eigenvalue weighted by Gasteiger charge is 2.20. The Bertz CT molecular complexity index is 531. The van der Waals surface area contributed by atoms with E-state index in [0.717, 1.165) is 0 Å². The average Bonchev–Trinajstić information content (AvgIpc) is 2.30. The van der Waals surface area contributed by atoms with Crippen LogP contribution >= 0.6 is 11.6 Å². The lowest BCUT2D eigenvalue weighted by Crippen LogP contribution is -2.31. The number of benzene rings is 1. The summed E-state index contributed by atoms with van der Waals surface area (Å²) in [5.41, 5.74) is 6.61. The molecule has 0 aliphatic heterocycles. The van der Waals surface area contributed by atoms with Gasteiger partial charge in [0.25, 0.3) is 0 Å². The first kappa shape index (κ1) is 15.2. The lowest BCUT2D eigenvalue weighted by Gasteiger charge is -2.13. The molecule has 0 aliphatic carbocycles. The van der Waals surface area contributed by atoms with Crippen molar-refractivity contribution in [2.24, 2.45) is 0 Å². The Kier molecular flexibility index (Phi) is 4.98. The van der Waals surface area contributed by atoms with Gasteiger partial charge in [-0.15, -0.1) is 0 Å². The molecule has 0 fully saturated rings. The van der Waals surface area contributed by atoms with Crippen LogP contribution in [-0.2, 0) is 14.8 Å². The predicted molar refractivity (Wildman–Crippen MR) is 72.3 cm³/mol. The number of halogens is 1. The first-order valence-corrected chi connectivity index (χ1v) is 7.22. The third-order valence-electron chi connectivity index (χ3n) is 2.50. The first-order valence-electron chi connectivity index (χ1n) is 5.36. The summed E-state index contributed by atoms with van der Waals surface area (Å²) in [5.74, 6) is 0. The zero-order chi connectivity index (χ0) is 13.9. The molecule has 5 nitrogen and oxygen atoms in total. The van der Waals surface area contributed by atoms with Crippen LogP contribution in [0.3, 0.4) is 0 Å². The maximum atomic E-state index is 12.1. The first-order chi connectivity index (χ1) is 8.27. The van der Waals surface area contributed by atoms with E-state index in [-0.39, 0.29) is 22.6 Å². The molecule has 0 saturated carbocycles. The fraction of sp³-hybridized carbons (Fsp3) is 0.455. The Morgan fingerprint density at radius 1 is 1.50 bits per heavy atom. The van der Waals surface area contributed by atoms with Crippen molar-refractivity contribution < 1.29 is 13.2 Å². The minimum Gasteiger partial charge on any atom is -0.399 e. The minimum atomic E-state index is -3.68. The molecule has 0 amide bonds. The Morgan fingerprint density at radius 3 is 2.67 bits per heavy atom. The molecule has 0 radical (unpaired) electrons. The van der Waals surface area contributed by atoms with Crippen molar-refractivity contribution in [2.45, 2.75) is 24.8 Å². The number of methoxy groups -OCH3 is 1. The maximum Gasteiger partial charge on any atom is 0.242 e. The Balaban J connectivity index is 3.05. The SMILES string of the molecule is COC(C)CNS(=O)(=O)c1cc(N)cc(C)c1Cl. The third kappa shape index (κ3) is 3.58. The second-order valence-electron chi connectivity index (χ2n) is 4.05. The van der Waals surface area contributed by atoms with Crippen LogP contribution in [0.2, 0.25) is 5.02 Å². The summed E-state index contributed by atoms with van der Waals surface area (Å²) in [5, 5.41) is 0.182. The van der Waals surface area contributed by atoms with E-state index in [0.29, 0.717) is 11.3 Å². The molecule has 0 aromatic heterocycles. The monoisotopic (exact) mass is 292 g/mol. The van der Waals surface area contributed by atoms with Gasteiger partial charge in [0.15, 0.2) is 0 Å². The molecule has 1 aromatic carbocycles. The fourth-order valence-corrected chi connectivity index (χ4v) is 3.06. The molecular formula is C11H17ClN2O3S. The second-order valence-corrected chi connectivity index (χ2v) is 6.16. The second kappa shape index (κ2) is 5.88. The quantitative estimate of drug-likeness (QED) is 0.807. The predicted octanol–water partition coefficient (Wildman–Crippen LogP) is 1.54. The molecule has 1 unspecified atom stereocenters. The number of nitrogen functional groups attached to an aromatic ring is 1. The third-order valence-corrected chi connectivity index (χ3v) is 4.56. The molecule has 1 atom stereocenters. The summed E-state index contributed by atoms with van der Waals surface area (Å²) < 4.78 is 31.5. The number of nitrogens with two attached hydrogens (primary N) is 1. The van der Waals surface area contributed by atoms with E-state index in [4.69, 9.17) is 22.1 Å². The number of ether oxygens (including phenoxy) is 1. The van der Waals surface area contributed by atoms with Crippen LogP contribution < -0.4 is 10.5 Å². The van der Waals surface area contributed by atoms with Gasteiger partial charge in [-0.2, -0.15) is 0 Å². The van der Waals surface area contributed by atoms with Gasteiger partial charge in [0.2, 0.25) is 10.0 Å². The van der Waals surface area contributed by atoms with Crippen molar-refractivity contribution in [3.05, 3.63) is 22.7 Å². The number of aryl methyl sites for hydroxylation is 1. The average molecular weight is 293 g/mol. The van der Waals surface area contributed by atoms with Gasteiger partial charge in [-0.25, -0.2) is 13.1 Å². The normalized spacial score (nSPS) is 13.6. The zero-order valence-electron chi connectivity index (χ0n) is 10.5. The van der Waals surface area contributed by atoms with Crippen LogP contribution in [0.1, 0.15) is 12.5 Å². The maximum absolute atomic E-state index is 12.1. The molecule has 102 valence electrons. The van der Waals surface area contributed by atoms with E-state index in [1.54, 1.807) is 19.9 Å². The fourth-order valence-electron chi connectivity index (χ4n) is 1.35. The number of nitrogens with one attached hydrogen (secondary N) is 1. The molecule has 7 heteroatoms. The van der Waals surface area contributed by atoms with Crippen LogP contribution in [0.25, 0.3) is 0 Å². The number of rotatable bonds is 5. The van der Waals surface area contributed by atoms with Gasteiger partial charge < -0.3 is 10.5 Å². The molecule has 0 saturated heterocycles. The smallest absolute Gasteiger partial charge is 0.242 e. The van der Waals surface area contributed by atoms with Gasteiger partial charge in [0.1, 0.15) is 4.90 Å². The van der Waals surface area contributed by atoms with Crippen molar-refractivity contribution in [3.8, 4) is 0 Å². The highest BCUT2D eigenvalue weighted by molar-refractivity contribution is 7.89. The highest BCUT2D eigenvalue weighted by Crippen LogP contribution is 2.27. The lowest BCUT2D eigenvalue weighted by atomic mass is 10.2. The molecular weight excluding hydrogens is 276 g/mol. The topological polar surface area (TPSA) is 81.4 Å². The summed E-state index contributed by atoms with van der Waals surface area (Å²) in [4.78, 5) is -0.00929. The largest absolute Gasteiger partial charge is 0.399 e. The molecule has 0 spiro atoms. The lowest BCUT2D eigenvalue weighted by molar-refractivity contribution is 0.122. The Hall–Kier alpha value is -0.820. The van der Waals surface area contributed by atoms with Gasteiger partial charge in [-0.3, -0.25) is 0 Å². The van der Waals surface area contributed by atoms with E-state index >= 15 is 0 Å². The molecule has 3 N–H and O–H groups in total. The molecule has 0 bridgehead atoms. The number of hydrogen-bond acceptors (Lipinski definition) is 4. The van der Waals surface area contributed by atoms with Crippen molar-refractivity contribution in [2.75, 3.05) is 19.4 Å². The Labute approximate surface area is 112 Å². The van der Waals surface area contributed by atoms with Crippen LogP contribution in [0.4, 0.5) is 5.69 Å². The van der Waals surface area contributed by atoms with Gasteiger partial charge in [-0.05, 0) is 31.5 Å². The molecule has 0 heterocycles. The summed E-state index contributed by atoms with van der Waals surface area (Å²) in [6.07, 6.45) is -0.222. The number of hydrogen-bond donors (Lipinski definition) is 2. The summed E-state index contributed by atoms with van der Waals surface area (Å²) in [6.45, 7) is 3.63. The van der Waals surface area contributed by atoms with Gasteiger partial charge in [0.05, 0.1) is 11.1 Å². The highest BCUT2D eigenvalue weighted by atomic mass is 35.5.